The van der Waals surface area contributed by atoms with E-state index in [1.807, 2.05) is 68.4 Å². The molecule has 37 heavy (non-hydrogen) atoms. The van der Waals surface area contributed by atoms with Crippen LogP contribution < -0.4 is 9.62 Å². The van der Waals surface area contributed by atoms with Gasteiger partial charge in [-0.3, -0.25) is 13.9 Å². The van der Waals surface area contributed by atoms with Crippen molar-refractivity contribution in [2.75, 3.05) is 23.7 Å². The van der Waals surface area contributed by atoms with Crippen molar-refractivity contribution >= 4 is 39.1 Å². The van der Waals surface area contributed by atoms with E-state index in [2.05, 4.69) is 5.32 Å². The Labute approximate surface area is 224 Å². The van der Waals surface area contributed by atoms with Crippen molar-refractivity contribution in [3.63, 3.8) is 0 Å². The van der Waals surface area contributed by atoms with Crippen molar-refractivity contribution < 1.29 is 18.0 Å². The molecule has 196 valence electrons. The van der Waals surface area contributed by atoms with Gasteiger partial charge in [0.1, 0.15) is 12.6 Å². The molecule has 0 aliphatic heterocycles. The molecular weight excluding hydrogens is 510 g/mol. The number of carbonyl (C=O) groups is 2. The molecule has 2 amide bonds. The zero-order valence-electron chi connectivity index (χ0n) is 21.2. The molecule has 0 aliphatic rings. The van der Waals surface area contributed by atoms with E-state index < -0.39 is 28.5 Å². The van der Waals surface area contributed by atoms with Gasteiger partial charge in [0, 0.05) is 24.5 Å². The molecule has 0 aliphatic carbocycles. The minimum absolute atomic E-state index is 0.146. The summed E-state index contributed by atoms with van der Waals surface area (Å²) in [5.74, 6) is -0.793. The lowest BCUT2D eigenvalue weighted by Crippen LogP contribution is -2.53. The zero-order chi connectivity index (χ0) is 27.0. The number of rotatable bonds is 11. The van der Waals surface area contributed by atoms with Crippen molar-refractivity contribution in [2.24, 2.45) is 0 Å². The first kappa shape index (κ1) is 28.2. The number of amides is 2. The Morgan fingerprint density at radius 2 is 1.59 bits per heavy atom. The quantitative estimate of drug-likeness (QED) is 0.394. The van der Waals surface area contributed by atoms with Gasteiger partial charge >= 0.3 is 0 Å². The number of aryl methyl sites for hydroxylation is 1. The fourth-order valence-corrected chi connectivity index (χ4v) is 5.05. The number of halogens is 1. The number of anilines is 1. The molecule has 0 fully saturated rings. The van der Waals surface area contributed by atoms with E-state index >= 15 is 0 Å². The van der Waals surface area contributed by atoms with Gasteiger partial charge in [0.15, 0.2) is 0 Å². The third-order valence-electron chi connectivity index (χ3n) is 5.85. The Morgan fingerprint density at radius 3 is 2.19 bits per heavy atom. The maximum absolute atomic E-state index is 13.9. The van der Waals surface area contributed by atoms with Crippen molar-refractivity contribution in [1.29, 1.82) is 0 Å². The van der Waals surface area contributed by atoms with Gasteiger partial charge in [-0.1, -0.05) is 71.8 Å². The lowest BCUT2D eigenvalue weighted by atomic mass is 10.0. The standard InChI is InChI=1S/C28H32ClN3O4S/c1-4-30-28(34)26(18-22-10-6-5-7-11-22)31(19-23-12-8-9-21(2)17-23)27(33)20-32(37(3,35)36)25-15-13-24(29)14-16-25/h5-17,26H,4,18-20H2,1-3H3,(H,30,34). The van der Waals surface area contributed by atoms with Gasteiger partial charge in [0.2, 0.25) is 21.8 Å². The highest BCUT2D eigenvalue weighted by atomic mass is 35.5. The summed E-state index contributed by atoms with van der Waals surface area (Å²) in [6.07, 6.45) is 1.33. The summed E-state index contributed by atoms with van der Waals surface area (Å²) in [7, 11) is -3.81. The highest BCUT2D eigenvalue weighted by molar-refractivity contribution is 7.92. The first-order valence-corrected chi connectivity index (χ1v) is 14.2. The van der Waals surface area contributed by atoms with E-state index in [4.69, 9.17) is 11.6 Å². The summed E-state index contributed by atoms with van der Waals surface area (Å²) in [4.78, 5) is 28.6. The SMILES string of the molecule is CCNC(=O)C(Cc1ccccc1)N(Cc1cccc(C)c1)C(=O)CN(c1ccc(Cl)cc1)S(C)(=O)=O. The third kappa shape index (κ3) is 8.06. The molecular formula is C28H32ClN3O4S. The van der Waals surface area contributed by atoms with E-state index in [0.717, 1.165) is 27.3 Å². The molecule has 0 heterocycles. The molecule has 1 N–H and O–H groups in total. The van der Waals surface area contributed by atoms with Crippen LogP contribution in [0.3, 0.4) is 0 Å². The minimum atomic E-state index is -3.81. The summed E-state index contributed by atoms with van der Waals surface area (Å²) in [5.41, 5.74) is 3.06. The van der Waals surface area contributed by atoms with Crippen molar-refractivity contribution in [3.05, 3.63) is 101 Å². The number of carbonyl (C=O) groups excluding carboxylic acids is 2. The average Bonchev–Trinajstić information content (AvgIpc) is 2.85. The lowest BCUT2D eigenvalue weighted by molar-refractivity contribution is -0.140. The number of sulfonamides is 1. The topological polar surface area (TPSA) is 86.8 Å². The second-order valence-electron chi connectivity index (χ2n) is 8.86. The lowest BCUT2D eigenvalue weighted by Gasteiger charge is -2.33. The van der Waals surface area contributed by atoms with E-state index in [9.17, 15) is 18.0 Å². The number of hydrogen-bond acceptors (Lipinski definition) is 4. The molecule has 1 unspecified atom stereocenters. The molecule has 0 radical (unpaired) electrons. The summed E-state index contributed by atoms with van der Waals surface area (Å²) >= 11 is 5.99. The van der Waals surface area contributed by atoms with Crippen LogP contribution in [0.2, 0.25) is 5.02 Å². The summed E-state index contributed by atoms with van der Waals surface area (Å²) < 4.78 is 26.5. The Balaban J connectivity index is 2.03. The first-order chi connectivity index (χ1) is 17.6. The maximum atomic E-state index is 13.9. The van der Waals surface area contributed by atoms with E-state index in [-0.39, 0.29) is 18.9 Å². The third-order valence-corrected chi connectivity index (χ3v) is 7.24. The Kier molecular flexibility index (Phi) is 9.72. The normalized spacial score (nSPS) is 12.0. The van der Waals surface area contributed by atoms with Crippen LogP contribution >= 0.6 is 11.6 Å². The largest absolute Gasteiger partial charge is 0.355 e. The molecule has 7 nitrogen and oxygen atoms in total. The van der Waals surface area contributed by atoms with Crippen LogP contribution in [0.15, 0.2) is 78.9 Å². The van der Waals surface area contributed by atoms with Gasteiger partial charge in [-0.25, -0.2) is 8.42 Å². The van der Waals surface area contributed by atoms with Gasteiger partial charge in [-0.2, -0.15) is 0 Å². The van der Waals surface area contributed by atoms with Crippen molar-refractivity contribution in [2.45, 2.75) is 32.9 Å². The molecule has 3 rings (SSSR count). The molecule has 1 atom stereocenters. The molecule has 3 aromatic carbocycles. The van der Waals surface area contributed by atoms with Gasteiger partial charge in [0.05, 0.1) is 11.9 Å². The fourth-order valence-electron chi connectivity index (χ4n) is 4.07. The van der Waals surface area contributed by atoms with Gasteiger partial charge in [0.25, 0.3) is 0 Å². The monoisotopic (exact) mass is 541 g/mol. The number of nitrogens with zero attached hydrogens (tertiary/aromatic N) is 2. The maximum Gasteiger partial charge on any atom is 0.244 e. The molecule has 0 saturated carbocycles. The van der Waals surface area contributed by atoms with Crippen molar-refractivity contribution in [1.82, 2.24) is 10.2 Å². The summed E-state index contributed by atoms with van der Waals surface area (Å²) in [6, 6.07) is 22.5. The van der Waals surface area contributed by atoms with E-state index in [1.165, 1.54) is 4.90 Å². The second-order valence-corrected chi connectivity index (χ2v) is 11.2. The van der Waals surface area contributed by atoms with Crippen LogP contribution in [0, 0.1) is 6.92 Å². The molecule has 3 aromatic rings. The Hall–Kier alpha value is -3.36. The Morgan fingerprint density at radius 1 is 0.946 bits per heavy atom. The Bertz CT molecular complexity index is 1310. The fraction of sp³-hybridized carbons (Fsp3) is 0.286. The number of nitrogens with one attached hydrogen (secondary N) is 1. The predicted molar refractivity (Wildman–Crippen MR) is 148 cm³/mol. The van der Waals surface area contributed by atoms with Crippen LogP contribution in [0.4, 0.5) is 5.69 Å². The second kappa shape index (κ2) is 12.7. The van der Waals surface area contributed by atoms with Crippen LogP contribution in [-0.2, 0) is 32.6 Å². The highest BCUT2D eigenvalue weighted by Crippen LogP contribution is 2.22. The van der Waals surface area contributed by atoms with Gasteiger partial charge in [-0.05, 0) is 49.2 Å². The van der Waals surface area contributed by atoms with E-state index in [1.54, 1.807) is 24.3 Å². The van der Waals surface area contributed by atoms with Gasteiger partial charge < -0.3 is 10.2 Å². The highest BCUT2D eigenvalue weighted by Gasteiger charge is 2.32. The summed E-state index contributed by atoms with van der Waals surface area (Å²) in [6.45, 7) is 3.85. The molecule has 0 aromatic heterocycles. The molecule has 0 bridgehead atoms. The minimum Gasteiger partial charge on any atom is -0.355 e. The number of hydrogen-bond donors (Lipinski definition) is 1. The molecule has 0 saturated heterocycles. The van der Waals surface area contributed by atoms with Crippen LogP contribution in [-0.4, -0.2) is 50.5 Å². The molecule has 0 spiro atoms. The first-order valence-electron chi connectivity index (χ1n) is 12.0. The van der Waals surface area contributed by atoms with E-state index in [0.29, 0.717) is 17.3 Å². The van der Waals surface area contributed by atoms with Gasteiger partial charge in [-0.15, -0.1) is 0 Å². The predicted octanol–water partition coefficient (Wildman–Crippen LogP) is 4.19. The molecule has 9 heteroatoms. The number of likely N-dealkylation sites (N-methyl/N-ethyl adjacent to an activating group) is 1. The van der Waals surface area contributed by atoms with Crippen molar-refractivity contribution in [3.8, 4) is 0 Å². The summed E-state index contributed by atoms with van der Waals surface area (Å²) in [5, 5.41) is 3.29. The number of benzene rings is 3. The average molecular weight is 542 g/mol. The smallest absolute Gasteiger partial charge is 0.244 e. The zero-order valence-corrected chi connectivity index (χ0v) is 22.8. The van der Waals surface area contributed by atoms with Crippen LogP contribution in [0.5, 0.6) is 0 Å². The van der Waals surface area contributed by atoms with Crippen LogP contribution in [0.25, 0.3) is 0 Å². The van der Waals surface area contributed by atoms with Crippen LogP contribution in [0.1, 0.15) is 23.6 Å².